The molecule has 8 nitrogen and oxygen atoms in total. The van der Waals surface area contributed by atoms with Crippen LogP contribution in [0.5, 0.6) is 0 Å². The Morgan fingerprint density at radius 2 is 1.88 bits per heavy atom. The first-order valence-electron chi connectivity index (χ1n) is 12.7. The highest BCUT2D eigenvalue weighted by atomic mass is 32.2. The summed E-state index contributed by atoms with van der Waals surface area (Å²) in [6.45, 7) is 3.63. The number of allylic oxidation sites excluding steroid dienone is 8. The number of halogens is 4. The zero-order valence-corrected chi connectivity index (χ0v) is 22.6. The third-order valence-corrected chi connectivity index (χ3v) is 8.30. The first-order valence-corrected chi connectivity index (χ1v) is 14.2. The molecule has 4 N–H and O–H groups in total. The number of hydrogen-bond donors (Lipinski definition) is 3. The van der Waals surface area contributed by atoms with Gasteiger partial charge in [0, 0.05) is 13.0 Å². The molecule has 1 atom stereocenters. The number of alkyl halides is 4. The number of aromatic nitrogens is 3. The summed E-state index contributed by atoms with van der Waals surface area (Å²) in [7, 11) is -3.91. The maximum atomic E-state index is 13.8. The number of anilines is 2. The van der Waals surface area contributed by atoms with Gasteiger partial charge in [-0.3, -0.25) is 0 Å². The fourth-order valence-electron chi connectivity index (χ4n) is 4.61. The van der Waals surface area contributed by atoms with Crippen molar-refractivity contribution in [1.29, 1.82) is 0 Å². The van der Waals surface area contributed by atoms with E-state index in [4.69, 9.17) is 5.14 Å². The number of primary sulfonamides is 1. The summed E-state index contributed by atoms with van der Waals surface area (Å²) in [6.07, 6.45) is 2.82. The maximum Gasteiger partial charge on any atom is 0.411 e. The monoisotopic (exact) mass is 576 g/mol. The molecule has 3 aliphatic carbocycles. The van der Waals surface area contributed by atoms with Crippen molar-refractivity contribution < 1.29 is 26.0 Å². The first kappa shape index (κ1) is 28.0. The number of pyridine rings is 1. The Morgan fingerprint density at radius 1 is 1.12 bits per heavy atom. The molecule has 13 heteroatoms. The maximum absolute atomic E-state index is 13.8. The lowest BCUT2D eigenvalue weighted by Crippen LogP contribution is -2.39. The molecule has 0 bridgehead atoms. The van der Waals surface area contributed by atoms with E-state index in [9.17, 15) is 26.0 Å². The van der Waals surface area contributed by atoms with Crippen molar-refractivity contribution in [3.05, 3.63) is 69.8 Å². The van der Waals surface area contributed by atoms with Gasteiger partial charge >= 0.3 is 6.18 Å². The van der Waals surface area contributed by atoms with Crippen LogP contribution in [0.25, 0.3) is 16.6 Å². The second-order valence-corrected chi connectivity index (χ2v) is 11.8. The summed E-state index contributed by atoms with van der Waals surface area (Å²) < 4.78 is 79.0. The van der Waals surface area contributed by atoms with E-state index in [1.54, 1.807) is 44.2 Å². The molecular weight excluding hydrogens is 548 g/mol. The van der Waals surface area contributed by atoms with Crippen molar-refractivity contribution in [1.82, 2.24) is 15.0 Å². The van der Waals surface area contributed by atoms with E-state index in [1.165, 1.54) is 12.2 Å². The highest BCUT2D eigenvalue weighted by Gasteiger charge is 2.64. The average molecular weight is 577 g/mol. The Balaban J connectivity index is 1.50. The molecule has 0 radical (unpaired) electrons. The van der Waals surface area contributed by atoms with Crippen LogP contribution in [-0.2, 0) is 10.0 Å². The SMILES string of the molecule is CC1=CCC(CNc2nc(NC3(C(F)(F)F)CC3)c3nc(C4=CCC(F)C=C4)ccc3n2)=C(C)C=C1S(N)(=O)=O. The van der Waals surface area contributed by atoms with Gasteiger partial charge in [0.05, 0.1) is 16.1 Å². The summed E-state index contributed by atoms with van der Waals surface area (Å²) in [5.74, 6) is 0.0205. The number of nitrogens with zero attached hydrogens (tertiary/aromatic N) is 3. The Kier molecular flexibility index (Phi) is 7.07. The molecule has 2 heterocycles. The van der Waals surface area contributed by atoms with Crippen LogP contribution in [0.15, 0.2) is 64.1 Å². The lowest BCUT2D eigenvalue weighted by atomic mass is 10.0. The van der Waals surface area contributed by atoms with E-state index in [0.717, 1.165) is 5.57 Å². The van der Waals surface area contributed by atoms with Crippen LogP contribution in [0.2, 0.25) is 0 Å². The van der Waals surface area contributed by atoms with E-state index in [1.807, 2.05) is 0 Å². The predicted octanol–water partition coefficient (Wildman–Crippen LogP) is 5.46. The van der Waals surface area contributed by atoms with Gasteiger partial charge in [0.1, 0.15) is 17.2 Å². The van der Waals surface area contributed by atoms with Gasteiger partial charge in [-0.2, -0.15) is 18.2 Å². The highest BCUT2D eigenvalue weighted by Crippen LogP contribution is 2.51. The van der Waals surface area contributed by atoms with Gasteiger partial charge in [-0.05, 0) is 79.7 Å². The smallest absolute Gasteiger partial charge is 0.354 e. The second kappa shape index (κ2) is 10.1. The van der Waals surface area contributed by atoms with Gasteiger partial charge in [-0.25, -0.2) is 27.9 Å². The molecular formula is C27H28F4N6O2S. The van der Waals surface area contributed by atoms with Crippen molar-refractivity contribution in [3.63, 3.8) is 0 Å². The van der Waals surface area contributed by atoms with Crippen LogP contribution in [0, 0.1) is 0 Å². The summed E-state index contributed by atoms with van der Waals surface area (Å²) in [5, 5.41) is 11.0. The molecule has 1 fully saturated rings. The van der Waals surface area contributed by atoms with Crippen LogP contribution in [0.1, 0.15) is 45.2 Å². The Morgan fingerprint density at radius 3 is 2.50 bits per heavy atom. The fourth-order valence-corrected chi connectivity index (χ4v) is 5.48. The van der Waals surface area contributed by atoms with Gasteiger partial charge in [0.2, 0.25) is 16.0 Å². The van der Waals surface area contributed by atoms with E-state index in [-0.39, 0.29) is 48.0 Å². The Bertz CT molecular complexity index is 1640. The van der Waals surface area contributed by atoms with E-state index in [0.29, 0.717) is 34.4 Å². The summed E-state index contributed by atoms with van der Waals surface area (Å²) >= 11 is 0. The van der Waals surface area contributed by atoms with Gasteiger partial charge in [-0.15, -0.1) is 0 Å². The van der Waals surface area contributed by atoms with Gasteiger partial charge in [0.25, 0.3) is 0 Å². The number of nitrogens with two attached hydrogens (primary N) is 1. The minimum absolute atomic E-state index is 0.0298. The van der Waals surface area contributed by atoms with Crippen molar-refractivity contribution in [2.75, 3.05) is 17.2 Å². The van der Waals surface area contributed by atoms with E-state index < -0.39 is 27.9 Å². The number of rotatable bonds is 7. The molecule has 40 heavy (non-hydrogen) atoms. The predicted molar refractivity (Wildman–Crippen MR) is 146 cm³/mol. The van der Waals surface area contributed by atoms with Crippen LogP contribution < -0.4 is 15.8 Å². The minimum Gasteiger partial charge on any atom is -0.354 e. The zero-order valence-electron chi connectivity index (χ0n) is 21.8. The first-order chi connectivity index (χ1) is 18.8. The van der Waals surface area contributed by atoms with E-state index in [2.05, 4.69) is 25.6 Å². The number of sulfonamides is 1. The number of nitrogens with one attached hydrogen (secondary N) is 2. The summed E-state index contributed by atoms with van der Waals surface area (Å²) in [4.78, 5) is 13.4. The normalized spacial score (nSPS) is 21.0. The molecule has 0 aromatic carbocycles. The highest BCUT2D eigenvalue weighted by molar-refractivity contribution is 7.93. The summed E-state index contributed by atoms with van der Waals surface area (Å²) in [5.41, 5.74) is 1.58. The number of fused-ring (bicyclic) bond motifs is 1. The molecule has 2 aromatic heterocycles. The minimum atomic E-state index is -4.49. The third-order valence-electron chi connectivity index (χ3n) is 7.25. The standard InChI is InChI=1S/C27H28F4N6O2S/c1-15-3-4-18(16(2)13-22(15)40(32,38)39)14-33-25-35-21-10-9-20(17-5-7-19(28)8-6-17)34-23(21)24(36-25)37-26(11-12-26)27(29,30)31/h3,5-7,9-10,13,19H,4,8,11-12,14H2,1-2H3,(H2,32,38,39)(H2,33,35,36,37). The molecule has 0 aliphatic heterocycles. The topological polar surface area (TPSA) is 123 Å². The molecule has 0 amide bonds. The van der Waals surface area contributed by atoms with Crippen molar-refractivity contribution in [2.45, 2.75) is 57.4 Å². The molecule has 2 aromatic rings. The molecule has 212 valence electrons. The quantitative estimate of drug-likeness (QED) is 0.374. The van der Waals surface area contributed by atoms with Gasteiger partial charge in [-0.1, -0.05) is 18.2 Å². The summed E-state index contributed by atoms with van der Waals surface area (Å²) in [6, 6.07) is 3.32. The van der Waals surface area contributed by atoms with Crippen LogP contribution >= 0.6 is 0 Å². The van der Waals surface area contributed by atoms with Crippen LogP contribution in [-0.4, -0.2) is 47.8 Å². The largest absolute Gasteiger partial charge is 0.411 e. The van der Waals surface area contributed by atoms with Crippen LogP contribution in [0.3, 0.4) is 0 Å². The Hall–Kier alpha value is -3.58. The third kappa shape index (κ3) is 5.66. The zero-order chi connectivity index (χ0) is 28.9. The van der Waals surface area contributed by atoms with Gasteiger partial charge in [0.15, 0.2) is 5.82 Å². The lowest BCUT2D eigenvalue weighted by molar-refractivity contribution is -0.151. The second-order valence-electron chi connectivity index (χ2n) is 10.2. The van der Waals surface area contributed by atoms with Crippen molar-refractivity contribution in [3.8, 4) is 0 Å². The average Bonchev–Trinajstić information content (AvgIpc) is 3.69. The molecule has 1 unspecified atom stereocenters. The molecule has 0 spiro atoms. The number of hydrogen-bond acceptors (Lipinski definition) is 7. The fraction of sp³-hybridized carbons (Fsp3) is 0.370. The van der Waals surface area contributed by atoms with Crippen LogP contribution in [0.4, 0.5) is 29.3 Å². The Labute approximate surface area is 228 Å². The molecule has 3 aliphatic rings. The molecule has 0 saturated heterocycles. The molecule has 5 rings (SSSR count). The molecule has 1 saturated carbocycles. The van der Waals surface area contributed by atoms with Crippen molar-refractivity contribution >= 4 is 38.4 Å². The lowest BCUT2D eigenvalue weighted by Gasteiger charge is -2.22. The van der Waals surface area contributed by atoms with E-state index >= 15 is 0 Å². The van der Waals surface area contributed by atoms with Gasteiger partial charge < -0.3 is 10.6 Å². The van der Waals surface area contributed by atoms with Crippen molar-refractivity contribution in [2.24, 2.45) is 5.14 Å².